The molecule has 8 rings (SSSR count). The minimum Gasteiger partial charge on any atom is -0.504 e. The number of benzene rings is 3. The van der Waals surface area contributed by atoms with Gasteiger partial charge in [-0.15, -0.1) is 17.5 Å². The molecule has 0 fully saturated rings. The van der Waals surface area contributed by atoms with Crippen LogP contribution < -0.4 is 14.5 Å². The van der Waals surface area contributed by atoms with E-state index in [1.54, 1.807) is 0 Å². The van der Waals surface area contributed by atoms with Gasteiger partial charge >= 0.3 is 0 Å². The van der Waals surface area contributed by atoms with Crippen molar-refractivity contribution in [2.45, 2.75) is 26.2 Å². The standard InChI is InChI=1S/C37H29N8O.Pt/c1-37(2,3)24-15-16-39-34(17-24)45-30-10-6-5-9-27(30)28-14-13-26(20-33(28)45)46-35-19-25(18-29(42-35)36-40-21-38-22-41-36)44-23-43(4)31-11-7-8-12-32(31)44;/h5-18,21-23H,1-4H3;/q-3;. The van der Waals surface area contributed by atoms with Crippen molar-refractivity contribution >= 4 is 38.9 Å². The largest absolute Gasteiger partial charge is 0.504 e. The van der Waals surface area contributed by atoms with Crippen LogP contribution in [0.4, 0.5) is 17.1 Å². The van der Waals surface area contributed by atoms with Crippen molar-refractivity contribution in [1.82, 2.24) is 29.5 Å². The summed E-state index contributed by atoms with van der Waals surface area (Å²) in [6.07, 6.45) is 4.78. The zero-order valence-corrected chi connectivity index (χ0v) is 28.4. The topological polar surface area (TPSA) is 85.1 Å². The van der Waals surface area contributed by atoms with Crippen molar-refractivity contribution < 1.29 is 25.8 Å². The van der Waals surface area contributed by atoms with Gasteiger partial charge < -0.3 is 19.1 Å². The molecule has 0 N–H and O–H groups in total. The Bertz CT molecular complexity index is 2250. The molecule has 4 aromatic heterocycles. The SMILES string of the molecule is CN1[CH-]N(c2[c-]c(Oc3[c-]c4c(cc3)c3ccccc3n4-c3cc(C(C)(C)C)ccn3)nc(-c3ncncn3)c2)c2ccccc21.[Pt]. The zero-order valence-electron chi connectivity index (χ0n) is 26.1. The predicted octanol–water partition coefficient (Wildman–Crippen LogP) is 7.82. The van der Waals surface area contributed by atoms with Crippen molar-refractivity contribution in [3.05, 3.63) is 122 Å². The molecule has 47 heavy (non-hydrogen) atoms. The molecule has 0 bridgehead atoms. The third-order valence-corrected chi connectivity index (χ3v) is 8.13. The Morgan fingerprint density at radius 2 is 1.57 bits per heavy atom. The molecule has 0 saturated heterocycles. The van der Waals surface area contributed by atoms with E-state index in [2.05, 4.69) is 99.8 Å². The van der Waals surface area contributed by atoms with Gasteiger partial charge in [0.2, 0.25) is 0 Å². The number of rotatable bonds is 5. The second-order valence-electron chi connectivity index (χ2n) is 12.2. The molecule has 3 aromatic carbocycles. The Morgan fingerprint density at radius 3 is 2.38 bits per heavy atom. The van der Waals surface area contributed by atoms with Crippen molar-refractivity contribution in [3.8, 4) is 29.0 Å². The maximum Gasteiger partial charge on any atom is 0.163 e. The van der Waals surface area contributed by atoms with Gasteiger partial charge in [-0.25, -0.2) is 24.9 Å². The van der Waals surface area contributed by atoms with Crippen LogP contribution in [0, 0.1) is 18.8 Å². The Kier molecular flexibility index (Phi) is 7.72. The number of fused-ring (bicyclic) bond motifs is 4. The predicted molar refractivity (Wildman–Crippen MR) is 179 cm³/mol. The van der Waals surface area contributed by atoms with Crippen LogP contribution in [-0.4, -0.2) is 36.5 Å². The van der Waals surface area contributed by atoms with Crippen LogP contribution in [0.3, 0.4) is 0 Å². The summed E-state index contributed by atoms with van der Waals surface area (Å²) in [5.41, 5.74) is 6.42. The van der Waals surface area contributed by atoms with Crippen LogP contribution in [0.15, 0.2) is 97.7 Å². The maximum atomic E-state index is 6.45. The number of ether oxygens (including phenoxy) is 1. The molecule has 0 amide bonds. The summed E-state index contributed by atoms with van der Waals surface area (Å²) in [6.45, 7) is 8.62. The van der Waals surface area contributed by atoms with Gasteiger partial charge in [0.15, 0.2) is 5.82 Å². The first-order valence-electron chi connectivity index (χ1n) is 15.0. The third-order valence-electron chi connectivity index (χ3n) is 8.13. The Labute approximate surface area is 287 Å². The monoisotopic (exact) mass is 796 g/mol. The van der Waals surface area contributed by atoms with Gasteiger partial charge in [-0.3, -0.25) is 0 Å². The van der Waals surface area contributed by atoms with Gasteiger partial charge in [0, 0.05) is 55.6 Å². The first kappa shape index (κ1) is 30.5. The number of anilines is 3. The number of para-hydroxylation sites is 3. The first-order chi connectivity index (χ1) is 22.3. The summed E-state index contributed by atoms with van der Waals surface area (Å²) in [4.78, 5) is 26.3. The van der Waals surface area contributed by atoms with Gasteiger partial charge in [0.05, 0.1) is 0 Å². The number of hydrogen-bond donors (Lipinski definition) is 0. The summed E-state index contributed by atoms with van der Waals surface area (Å²) < 4.78 is 8.59. The molecule has 1 aliphatic heterocycles. The summed E-state index contributed by atoms with van der Waals surface area (Å²) in [6, 6.07) is 33.5. The minimum atomic E-state index is -0.0285. The average molecular weight is 797 g/mol. The number of hydrogen-bond acceptors (Lipinski definition) is 8. The quantitative estimate of drug-likeness (QED) is 0.163. The summed E-state index contributed by atoms with van der Waals surface area (Å²) in [7, 11) is 2.01. The third kappa shape index (κ3) is 5.51. The van der Waals surface area contributed by atoms with Gasteiger partial charge in [-0.1, -0.05) is 56.6 Å². The van der Waals surface area contributed by atoms with E-state index in [-0.39, 0.29) is 32.4 Å². The van der Waals surface area contributed by atoms with Crippen LogP contribution in [-0.2, 0) is 26.5 Å². The van der Waals surface area contributed by atoms with Crippen molar-refractivity contribution in [3.63, 3.8) is 0 Å². The smallest absolute Gasteiger partial charge is 0.163 e. The zero-order chi connectivity index (χ0) is 31.4. The van der Waals surface area contributed by atoms with Crippen molar-refractivity contribution in [2.24, 2.45) is 0 Å². The van der Waals surface area contributed by atoms with E-state index in [1.165, 1.54) is 18.2 Å². The molecule has 1 aliphatic rings. The van der Waals surface area contributed by atoms with Gasteiger partial charge in [-0.05, 0) is 53.7 Å². The number of pyridine rings is 2. The van der Waals surface area contributed by atoms with Crippen molar-refractivity contribution in [2.75, 3.05) is 16.8 Å². The molecule has 0 spiro atoms. The molecular weight excluding hydrogens is 768 g/mol. The minimum absolute atomic E-state index is 0. The molecule has 236 valence electrons. The first-order valence-corrected chi connectivity index (χ1v) is 15.0. The Morgan fingerprint density at radius 1 is 0.809 bits per heavy atom. The maximum absolute atomic E-state index is 6.45. The van der Waals surface area contributed by atoms with Crippen LogP contribution in [0.2, 0.25) is 0 Å². The molecule has 7 aromatic rings. The normalized spacial score (nSPS) is 12.8. The van der Waals surface area contributed by atoms with Gasteiger partial charge in [-0.2, -0.15) is 30.6 Å². The van der Waals surface area contributed by atoms with Gasteiger partial charge in [0.1, 0.15) is 24.4 Å². The van der Waals surface area contributed by atoms with E-state index >= 15 is 0 Å². The Balaban J connectivity index is 0.00000351. The second kappa shape index (κ2) is 11.9. The fourth-order valence-corrected chi connectivity index (χ4v) is 5.85. The number of nitrogens with zero attached hydrogens (tertiary/aromatic N) is 8. The summed E-state index contributed by atoms with van der Waals surface area (Å²) in [5.74, 6) is 2.01. The fraction of sp³-hybridized carbons (Fsp3) is 0.135. The van der Waals surface area contributed by atoms with Crippen LogP contribution in [0.25, 0.3) is 39.1 Å². The molecule has 0 aliphatic carbocycles. The van der Waals surface area contributed by atoms with E-state index < -0.39 is 0 Å². The molecule has 10 heteroatoms. The van der Waals surface area contributed by atoms with E-state index in [1.807, 2.05) is 61.2 Å². The Hall–Kier alpha value is -5.14. The molecule has 0 unspecified atom stereocenters. The molecule has 0 saturated carbocycles. The molecule has 0 atom stereocenters. The van der Waals surface area contributed by atoms with E-state index in [0.29, 0.717) is 17.3 Å². The summed E-state index contributed by atoms with van der Waals surface area (Å²) in [5, 5.41) is 2.16. The van der Waals surface area contributed by atoms with Crippen LogP contribution in [0.1, 0.15) is 26.3 Å². The van der Waals surface area contributed by atoms with Crippen molar-refractivity contribution in [1.29, 1.82) is 0 Å². The van der Waals surface area contributed by atoms with E-state index in [4.69, 9.17) is 14.7 Å². The molecule has 9 nitrogen and oxygen atoms in total. The van der Waals surface area contributed by atoms with Crippen LogP contribution in [0.5, 0.6) is 11.6 Å². The van der Waals surface area contributed by atoms with Gasteiger partial charge in [0.25, 0.3) is 0 Å². The fourth-order valence-electron chi connectivity index (χ4n) is 5.85. The number of aromatic nitrogens is 6. The second-order valence-corrected chi connectivity index (χ2v) is 12.2. The average Bonchev–Trinajstić information content (AvgIpc) is 3.59. The summed E-state index contributed by atoms with van der Waals surface area (Å²) >= 11 is 0. The van der Waals surface area contributed by atoms with Crippen LogP contribution >= 0.6 is 0 Å². The van der Waals surface area contributed by atoms with E-state index in [9.17, 15) is 0 Å². The molecule has 5 heterocycles. The molecule has 0 radical (unpaired) electrons. The van der Waals surface area contributed by atoms with E-state index in [0.717, 1.165) is 44.7 Å². The molecular formula is C37H29N8OPt-3.